The van der Waals surface area contributed by atoms with Gasteiger partial charge in [-0.15, -0.1) is 0 Å². The molecule has 0 aromatic carbocycles. The van der Waals surface area contributed by atoms with Gasteiger partial charge >= 0.3 is 0 Å². The number of nitrogens with zero attached hydrogens (tertiary/aromatic N) is 7. The van der Waals surface area contributed by atoms with Gasteiger partial charge in [0, 0.05) is 13.1 Å². The summed E-state index contributed by atoms with van der Waals surface area (Å²) in [4.78, 5) is 18.7. The summed E-state index contributed by atoms with van der Waals surface area (Å²) >= 11 is 0. The summed E-state index contributed by atoms with van der Waals surface area (Å²) < 4.78 is 1.48. The average molecular weight is 260 g/mol. The molecular formula is C11H16N8. The Hall–Kier alpha value is -2.25. The van der Waals surface area contributed by atoms with Crippen LogP contribution in [0.2, 0.25) is 0 Å². The van der Waals surface area contributed by atoms with E-state index in [2.05, 4.69) is 36.9 Å². The quantitative estimate of drug-likeness (QED) is 0.827. The predicted octanol–water partition coefficient (Wildman–Crippen LogP) is 0.271. The zero-order valence-corrected chi connectivity index (χ0v) is 10.8. The molecule has 1 unspecified atom stereocenters. The van der Waals surface area contributed by atoms with Crippen molar-refractivity contribution in [1.29, 1.82) is 0 Å². The topological polar surface area (TPSA) is 98.6 Å². The van der Waals surface area contributed by atoms with E-state index in [4.69, 9.17) is 5.73 Å². The molecule has 2 N–H and O–H groups in total. The number of rotatable bonds is 2. The Morgan fingerprint density at radius 3 is 2.84 bits per heavy atom. The molecule has 0 aliphatic carbocycles. The van der Waals surface area contributed by atoms with Crippen LogP contribution in [0.3, 0.4) is 0 Å². The smallest absolute Gasteiger partial charge is 0.258 e. The summed E-state index contributed by atoms with van der Waals surface area (Å²) in [5.74, 6) is 1.86. The first kappa shape index (κ1) is 11.8. The maximum atomic E-state index is 5.76. The highest BCUT2D eigenvalue weighted by atomic mass is 15.4. The fraction of sp³-hybridized carbons (Fsp3) is 0.545. The van der Waals surface area contributed by atoms with Gasteiger partial charge in [0.05, 0.1) is 0 Å². The first-order chi connectivity index (χ1) is 9.22. The van der Waals surface area contributed by atoms with Gasteiger partial charge in [-0.25, -0.2) is 4.98 Å². The third-order valence-electron chi connectivity index (χ3n) is 3.19. The Balaban J connectivity index is 1.93. The Morgan fingerprint density at radius 1 is 1.26 bits per heavy atom. The number of nitrogens with two attached hydrogens (primary N) is 1. The van der Waals surface area contributed by atoms with Gasteiger partial charge in [0.1, 0.15) is 12.7 Å². The van der Waals surface area contributed by atoms with Crippen molar-refractivity contribution < 1.29 is 0 Å². The van der Waals surface area contributed by atoms with Crippen LogP contribution in [0.4, 0.5) is 11.9 Å². The third kappa shape index (κ3) is 2.47. The van der Waals surface area contributed by atoms with E-state index in [-0.39, 0.29) is 5.95 Å². The Labute approximate surface area is 110 Å². The molecule has 3 rings (SSSR count). The molecule has 1 aliphatic rings. The van der Waals surface area contributed by atoms with Gasteiger partial charge in [-0.05, 0) is 18.8 Å². The zero-order chi connectivity index (χ0) is 13.2. The van der Waals surface area contributed by atoms with Gasteiger partial charge in [0.25, 0.3) is 5.95 Å². The number of aromatic nitrogens is 6. The van der Waals surface area contributed by atoms with Gasteiger partial charge in [0.15, 0.2) is 0 Å². The highest BCUT2D eigenvalue weighted by Crippen LogP contribution is 2.20. The lowest BCUT2D eigenvalue weighted by atomic mass is 10.0. The van der Waals surface area contributed by atoms with Crippen molar-refractivity contribution in [2.75, 3.05) is 23.7 Å². The molecule has 0 radical (unpaired) electrons. The summed E-state index contributed by atoms with van der Waals surface area (Å²) in [6, 6.07) is 0. The highest BCUT2D eigenvalue weighted by molar-refractivity contribution is 5.38. The average Bonchev–Trinajstić information content (AvgIpc) is 2.92. The monoisotopic (exact) mass is 260 g/mol. The van der Waals surface area contributed by atoms with Crippen LogP contribution in [0, 0.1) is 5.92 Å². The molecule has 8 nitrogen and oxygen atoms in total. The minimum absolute atomic E-state index is 0.203. The van der Waals surface area contributed by atoms with Gasteiger partial charge in [0.2, 0.25) is 11.9 Å². The number of nitrogen functional groups attached to an aromatic ring is 1. The van der Waals surface area contributed by atoms with E-state index >= 15 is 0 Å². The molecule has 3 heterocycles. The van der Waals surface area contributed by atoms with E-state index in [1.54, 1.807) is 0 Å². The van der Waals surface area contributed by atoms with Crippen LogP contribution in [-0.2, 0) is 0 Å². The maximum Gasteiger partial charge on any atom is 0.258 e. The predicted molar refractivity (Wildman–Crippen MR) is 69.8 cm³/mol. The second-order valence-electron chi connectivity index (χ2n) is 4.83. The number of anilines is 2. The molecule has 100 valence electrons. The van der Waals surface area contributed by atoms with Gasteiger partial charge in [-0.3, -0.25) is 0 Å². The molecule has 0 bridgehead atoms. The fourth-order valence-electron chi connectivity index (χ4n) is 2.30. The second-order valence-corrected chi connectivity index (χ2v) is 4.83. The molecule has 1 atom stereocenters. The lowest BCUT2D eigenvalue weighted by molar-refractivity contribution is 0.441. The van der Waals surface area contributed by atoms with Crippen molar-refractivity contribution >= 4 is 11.9 Å². The van der Waals surface area contributed by atoms with Crippen molar-refractivity contribution in [2.24, 2.45) is 5.92 Å². The molecule has 0 saturated carbocycles. The van der Waals surface area contributed by atoms with E-state index in [1.165, 1.54) is 23.8 Å². The molecule has 1 aliphatic heterocycles. The van der Waals surface area contributed by atoms with E-state index in [9.17, 15) is 0 Å². The molecule has 0 spiro atoms. The van der Waals surface area contributed by atoms with Crippen LogP contribution in [0.5, 0.6) is 0 Å². The van der Waals surface area contributed by atoms with E-state index in [0.717, 1.165) is 19.5 Å². The lowest BCUT2D eigenvalue weighted by Crippen LogP contribution is -2.36. The van der Waals surface area contributed by atoms with Crippen molar-refractivity contribution in [1.82, 2.24) is 29.7 Å². The summed E-state index contributed by atoms with van der Waals surface area (Å²) in [5, 5.41) is 4.01. The van der Waals surface area contributed by atoms with Crippen LogP contribution < -0.4 is 10.6 Å². The lowest BCUT2D eigenvalue weighted by Gasteiger charge is -2.30. The summed E-state index contributed by atoms with van der Waals surface area (Å²) in [7, 11) is 0. The Kier molecular flexibility index (Phi) is 2.98. The molecule has 0 amide bonds. The van der Waals surface area contributed by atoms with Crippen molar-refractivity contribution in [3.63, 3.8) is 0 Å². The Morgan fingerprint density at radius 2 is 2.11 bits per heavy atom. The molecule has 8 heteroatoms. The van der Waals surface area contributed by atoms with Crippen LogP contribution >= 0.6 is 0 Å². The van der Waals surface area contributed by atoms with E-state index in [1.807, 2.05) is 0 Å². The molecule has 2 aromatic heterocycles. The van der Waals surface area contributed by atoms with Crippen LogP contribution in [-0.4, -0.2) is 42.8 Å². The third-order valence-corrected chi connectivity index (χ3v) is 3.19. The maximum absolute atomic E-state index is 5.76. The Bertz CT molecular complexity index is 552. The molecule has 1 fully saturated rings. The van der Waals surface area contributed by atoms with Crippen LogP contribution in [0.1, 0.15) is 19.8 Å². The first-order valence-electron chi connectivity index (χ1n) is 6.34. The van der Waals surface area contributed by atoms with E-state index in [0.29, 0.717) is 17.8 Å². The van der Waals surface area contributed by atoms with Crippen LogP contribution in [0.25, 0.3) is 5.95 Å². The highest BCUT2D eigenvalue weighted by Gasteiger charge is 2.20. The van der Waals surface area contributed by atoms with Crippen LogP contribution in [0.15, 0.2) is 12.7 Å². The largest absolute Gasteiger partial charge is 0.368 e. The number of hydrogen-bond donors (Lipinski definition) is 1. The second kappa shape index (κ2) is 4.79. The molecular weight excluding hydrogens is 244 g/mol. The number of piperidine rings is 1. The van der Waals surface area contributed by atoms with Gasteiger partial charge < -0.3 is 10.6 Å². The van der Waals surface area contributed by atoms with E-state index < -0.39 is 0 Å². The minimum Gasteiger partial charge on any atom is -0.368 e. The summed E-state index contributed by atoms with van der Waals surface area (Å²) in [6.45, 7) is 4.12. The summed E-state index contributed by atoms with van der Waals surface area (Å²) in [6.07, 6.45) is 5.36. The van der Waals surface area contributed by atoms with Crippen molar-refractivity contribution in [2.45, 2.75) is 19.8 Å². The molecule has 1 saturated heterocycles. The summed E-state index contributed by atoms with van der Waals surface area (Å²) in [5.41, 5.74) is 5.76. The zero-order valence-electron chi connectivity index (χ0n) is 10.8. The standard InChI is InChI=1S/C11H16N8/c1-8-3-2-4-18(5-8)10-15-9(12)16-11(17-10)19-7-13-6-14-19/h6-8H,2-5H2,1H3,(H2,12,15,16,17). The van der Waals surface area contributed by atoms with Crippen molar-refractivity contribution in [3.8, 4) is 5.95 Å². The normalized spacial score (nSPS) is 19.6. The van der Waals surface area contributed by atoms with Gasteiger partial charge in [-0.1, -0.05) is 6.92 Å². The number of hydrogen-bond acceptors (Lipinski definition) is 7. The molecule has 2 aromatic rings. The van der Waals surface area contributed by atoms with Crippen molar-refractivity contribution in [3.05, 3.63) is 12.7 Å². The SMILES string of the molecule is CC1CCCN(c2nc(N)nc(-n3cncn3)n2)C1. The molecule has 19 heavy (non-hydrogen) atoms. The minimum atomic E-state index is 0.203. The van der Waals surface area contributed by atoms with Gasteiger partial charge in [-0.2, -0.15) is 24.7 Å². The first-order valence-corrected chi connectivity index (χ1v) is 6.34. The fourth-order valence-corrected chi connectivity index (χ4v) is 2.30.